The van der Waals surface area contributed by atoms with Crippen molar-refractivity contribution >= 4 is 17.5 Å². The monoisotopic (exact) mass is 314 g/mol. The van der Waals surface area contributed by atoms with E-state index in [4.69, 9.17) is 4.74 Å². The fraction of sp³-hybridized carbons (Fsp3) is 0.0625. The Balaban J connectivity index is 2.37. The summed E-state index contributed by atoms with van der Waals surface area (Å²) in [7, 11) is 0. The van der Waals surface area contributed by atoms with Crippen molar-refractivity contribution in [2.45, 2.75) is 6.92 Å². The van der Waals surface area contributed by atoms with E-state index in [2.05, 4.69) is 0 Å². The lowest BCUT2D eigenvalue weighted by molar-refractivity contribution is -0.131. The van der Waals surface area contributed by atoms with Gasteiger partial charge in [0.15, 0.2) is 0 Å². The van der Waals surface area contributed by atoms with Gasteiger partial charge >= 0.3 is 5.97 Å². The zero-order chi connectivity index (χ0) is 16.9. The van der Waals surface area contributed by atoms with Crippen molar-refractivity contribution in [1.29, 1.82) is 0 Å². The summed E-state index contributed by atoms with van der Waals surface area (Å²) in [5.74, 6) is -4.12. The van der Waals surface area contributed by atoms with Crippen LogP contribution < -0.4 is 4.74 Å². The fourth-order valence-corrected chi connectivity index (χ4v) is 2.56. The van der Waals surface area contributed by atoms with E-state index in [-0.39, 0.29) is 16.9 Å². The van der Waals surface area contributed by atoms with Crippen LogP contribution in [0.1, 0.15) is 38.8 Å². The number of esters is 1. The summed E-state index contributed by atoms with van der Waals surface area (Å²) in [6.45, 7) is 1.12. The van der Waals surface area contributed by atoms with Crippen LogP contribution in [0.4, 0.5) is 0 Å². The molecule has 0 heterocycles. The molecule has 7 nitrogen and oxygen atoms in total. The van der Waals surface area contributed by atoms with E-state index < -0.39 is 45.9 Å². The van der Waals surface area contributed by atoms with E-state index in [1.165, 1.54) is 6.07 Å². The van der Waals surface area contributed by atoms with Gasteiger partial charge in [0.25, 0.3) is 0 Å². The van der Waals surface area contributed by atoms with E-state index in [0.717, 1.165) is 25.1 Å². The molecule has 23 heavy (non-hydrogen) atoms. The summed E-state index contributed by atoms with van der Waals surface area (Å²) >= 11 is 0. The molecule has 0 saturated carbocycles. The molecule has 0 fully saturated rings. The second-order valence-corrected chi connectivity index (χ2v) is 4.94. The van der Waals surface area contributed by atoms with Gasteiger partial charge in [0.2, 0.25) is 11.6 Å². The average Bonchev–Trinajstić information content (AvgIpc) is 2.48. The molecule has 0 aromatic heterocycles. The Morgan fingerprint density at radius 3 is 1.65 bits per heavy atom. The third-order valence-electron chi connectivity index (χ3n) is 3.47. The zero-order valence-electron chi connectivity index (χ0n) is 11.8. The van der Waals surface area contributed by atoms with Gasteiger partial charge in [-0.3, -0.25) is 14.4 Å². The molecule has 3 N–H and O–H groups in total. The van der Waals surface area contributed by atoms with E-state index in [1.807, 2.05) is 0 Å². The largest absolute Gasteiger partial charge is 0.507 e. The first-order valence-corrected chi connectivity index (χ1v) is 6.51. The van der Waals surface area contributed by atoms with Crippen LogP contribution in [0.25, 0.3) is 0 Å². The number of hydrogen-bond acceptors (Lipinski definition) is 7. The maximum atomic E-state index is 12.7. The van der Waals surface area contributed by atoms with Gasteiger partial charge in [-0.05, 0) is 24.3 Å². The number of ketones is 2. The van der Waals surface area contributed by atoms with Crippen LogP contribution in [0, 0.1) is 0 Å². The molecule has 1 aliphatic carbocycles. The Morgan fingerprint density at radius 1 is 0.783 bits per heavy atom. The molecule has 0 spiro atoms. The quantitative estimate of drug-likeness (QED) is 0.353. The molecule has 1 aliphatic rings. The van der Waals surface area contributed by atoms with Crippen LogP contribution in [0.15, 0.2) is 24.3 Å². The molecule has 0 atom stereocenters. The molecule has 0 amide bonds. The minimum Gasteiger partial charge on any atom is -0.507 e. The molecule has 2 aromatic carbocycles. The summed E-state index contributed by atoms with van der Waals surface area (Å²) in [6.07, 6.45) is 0. The number of ether oxygens (including phenoxy) is 1. The highest BCUT2D eigenvalue weighted by atomic mass is 16.5. The number of rotatable bonds is 1. The van der Waals surface area contributed by atoms with E-state index >= 15 is 0 Å². The molecule has 3 rings (SSSR count). The number of carbonyl (C=O) groups excluding carboxylic acids is 3. The first-order valence-electron chi connectivity index (χ1n) is 6.51. The maximum absolute atomic E-state index is 12.7. The zero-order valence-corrected chi connectivity index (χ0v) is 11.8. The summed E-state index contributed by atoms with van der Waals surface area (Å²) in [4.78, 5) is 36.4. The minimum absolute atomic E-state index is 0.211. The fourth-order valence-electron chi connectivity index (χ4n) is 2.56. The lowest BCUT2D eigenvalue weighted by atomic mass is 9.82. The van der Waals surface area contributed by atoms with Crippen molar-refractivity contribution in [3.05, 3.63) is 46.5 Å². The number of aromatic hydroxyl groups is 3. The molecule has 116 valence electrons. The van der Waals surface area contributed by atoms with Gasteiger partial charge in [0.1, 0.15) is 23.0 Å². The molecule has 0 unspecified atom stereocenters. The van der Waals surface area contributed by atoms with Crippen LogP contribution >= 0.6 is 0 Å². The molecule has 7 heteroatoms. The highest BCUT2D eigenvalue weighted by Crippen LogP contribution is 2.43. The van der Waals surface area contributed by atoms with Crippen molar-refractivity contribution < 1.29 is 34.4 Å². The number of carbonyl (C=O) groups is 3. The van der Waals surface area contributed by atoms with E-state index in [0.29, 0.717) is 0 Å². The number of phenols is 3. The average molecular weight is 314 g/mol. The van der Waals surface area contributed by atoms with Crippen LogP contribution in [0.3, 0.4) is 0 Å². The van der Waals surface area contributed by atoms with Gasteiger partial charge in [-0.1, -0.05) is 0 Å². The Bertz CT molecular complexity index is 896. The predicted octanol–water partition coefficient (Wildman–Crippen LogP) is 1.50. The predicted molar refractivity (Wildman–Crippen MR) is 76.1 cm³/mol. The van der Waals surface area contributed by atoms with Crippen LogP contribution in [-0.2, 0) is 4.79 Å². The van der Waals surface area contributed by atoms with Crippen molar-refractivity contribution in [2.75, 3.05) is 0 Å². The summed E-state index contributed by atoms with van der Waals surface area (Å²) in [5, 5.41) is 29.7. The molecule has 0 aliphatic heterocycles. The highest BCUT2D eigenvalue weighted by molar-refractivity contribution is 6.32. The smallest absolute Gasteiger partial charge is 0.308 e. The first-order chi connectivity index (χ1) is 10.8. The van der Waals surface area contributed by atoms with Crippen molar-refractivity contribution in [3.63, 3.8) is 0 Å². The minimum atomic E-state index is -0.852. The van der Waals surface area contributed by atoms with Gasteiger partial charge in [0.05, 0.1) is 22.3 Å². The molecular weight excluding hydrogens is 304 g/mol. The van der Waals surface area contributed by atoms with Gasteiger partial charge in [-0.2, -0.15) is 0 Å². The van der Waals surface area contributed by atoms with Gasteiger partial charge in [-0.15, -0.1) is 0 Å². The van der Waals surface area contributed by atoms with Crippen molar-refractivity contribution in [3.8, 4) is 23.0 Å². The molecule has 2 aromatic rings. The molecular formula is C16H10O7. The molecule has 0 saturated heterocycles. The maximum Gasteiger partial charge on any atom is 0.308 e. The number of hydrogen-bond donors (Lipinski definition) is 3. The molecule has 0 radical (unpaired) electrons. The first kappa shape index (κ1) is 14.6. The van der Waals surface area contributed by atoms with Crippen LogP contribution in [0.2, 0.25) is 0 Å². The second-order valence-electron chi connectivity index (χ2n) is 4.94. The van der Waals surface area contributed by atoms with E-state index in [9.17, 15) is 29.7 Å². The normalized spacial score (nSPS) is 12.6. The molecule has 0 bridgehead atoms. The lowest BCUT2D eigenvalue weighted by Crippen LogP contribution is -2.23. The Morgan fingerprint density at radius 2 is 1.17 bits per heavy atom. The van der Waals surface area contributed by atoms with Crippen LogP contribution in [0.5, 0.6) is 23.0 Å². The van der Waals surface area contributed by atoms with Crippen LogP contribution in [-0.4, -0.2) is 32.9 Å². The summed E-state index contributed by atoms with van der Waals surface area (Å²) in [6, 6.07) is 4.41. The Kier molecular flexibility index (Phi) is 3.07. The summed E-state index contributed by atoms with van der Waals surface area (Å²) < 4.78 is 4.90. The van der Waals surface area contributed by atoms with Gasteiger partial charge in [-0.25, -0.2) is 0 Å². The summed E-state index contributed by atoms with van der Waals surface area (Å²) in [5.41, 5.74) is -1.53. The Hall–Kier alpha value is -3.35. The second kappa shape index (κ2) is 4.84. The number of phenolic OH excluding ortho intramolecular Hbond substituents is 3. The third kappa shape index (κ3) is 2.02. The van der Waals surface area contributed by atoms with Gasteiger partial charge in [0, 0.05) is 6.92 Å². The highest BCUT2D eigenvalue weighted by Gasteiger charge is 2.38. The van der Waals surface area contributed by atoms with Gasteiger partial charge < -0.3 is 20.1 Å². The SMILES string of the molecule is CC(=O)Oc1ccc(O)c2c1C(=O)c1c(O)ccc(O)c1C2=O. The van der Waals surface area contributed by atoms with Crippen molar-refractivity contribution in [2.24, 2.45) is 0 Å². The number of fused-ring (bicyclic) bond motifs is 2. The topological polar surface area (TPSA) is 121 Å². The third-order valence-corrected chi connectivity index (χ3v) is 3.47. The van der Waals surface area contributed by atoms with Crippen molar-refractivity contribution in [1.82, 2.24) is 0 Å². The van der Waals surface area contributed by atoms with E-state index in [1.54, 1.807) is 0 Å². The number of benzene rings is 2. The standard InChI is InChI=1S/C16H10O7/c1-6(17)23-10-5-4-9(20)13-14(10)16(22)12-8(19)3-2-7(18)11(12)15(13)21/h2-5,18-20H,1H3. The lowest BCUT2D eigenvalue weighted by Gasteiger charge is -2.21. The Labute approximate surface area is 129 Å².